The first kappa shape index (κ1) is 17.2. The van der Waals surface area contributed by atoms with Crippen LogP contribution in [0, 0.1) is 13.8 Å². The second-order valence-corrected chi connectivity index (χ2v) is 6.69. The van der Waals surface area contributed by atoms with Crippen LogP contribution in [0.5, 0.6) is 0 Å². The molecule has 0 radical (unpaired) electrons. The topological polar surface area (TPSA) is 49.4 Å². The lowest BCUT2D eigenvalue weighted by Gasteiger charge is -2.18. The minimum absolute atomic E-state index is 0.0652. The normalized spacial score (nSPS) is 14.0. The SMILES string of the molecule is Cc1ccc(C(=O)NCc2ccccc2CN2CCCC2=O)c(C)c1. The van der Waals surface area contributed by atoms with Gasteiger partial charge in [-0.1, -0.05) is 42.0 Å². The van der Waals surface area contributed by atoms with Crippen LogP contribution in [0.1, 0.15) is 45.5 Å². The van der Waals surface area contributed by atoms with E-state index in [1.165, 1.54) is 0 Å². The summed E-state index contributed by atoms with van der Waals surface area (Å²) in [5.41, 5.74) is 4.99. The fourth-order valence-corrected chi connectivity index (χ4v) is 3.30. The third-order valence-electron chi connectivity index (χ3n) is 4.72. The van der Waals surface area contributed by atoms with Crippen molar-refractivity contribution in [1.82, 2.24) is 10.2 Å². The van der Waals surface area contributed by atoms with E-state index in [1.54, 1.807) is 0 Å². The second-order valence-electron chi connectivity index (χ2n) is 6.69. The molecule has 2 aromatic rings. The van der Waals surface area contributed by atoms with Crippen LogP contribution in [-0.4, -0.2) is 23.3 Å². The number of hydrogen-bond acceptors (Lipinski definition) is 2. The molecule has 0 aromatic heterocycles. The maximum Gasteiger partial charge on any atom is 0.251 e. The van der Waals surface area contributed by atoms with Gasteiger partial charge in [0.15, 0.2) is 0 Å². The third kappa shape index (κ3) is 4.08. The van der Waals surface area contributed by atoms with Crippen molar-refractivity contribution < 1.29 is 9.59 Å². The summed E-state index contributed by atoms with van der Waals surface area (Å²) in [5, 5.41) is 3.01. The molecule has 3 rings (SSSR count). The van der Waals surface area contributed by atoms with Crippen LogP contribution in [0.4, 0.5) is 0 Å². The van der Waals surface area contributed by atoms with Crippen molar-refractivity contribution in [3.8, 4) is 0 Å². The van der Waals surface area contributed by atoms with Gasteiger partial charge in [0, 0.05) is 31.6 Å². The van der Waals surface area contributed by atoms with Crippen molar-refractivity contribution in [2.45, 2.75) is 39.8 Å². The summed E-state index contributed by atoms with van der Waals surface area (Å²) in [6.45, 7) is 5.88. The Morgan fingerprint density at radius 1 is 1.12 bits per heavy atom. The molecular formula is C21H24N2O2. The molecule has 4 nitrogen and oxygen atoms in total. The Hall–Kier alpha value is -2.62. The predicted octanol–water partition coefficient (Wildman–Crippen LogP) is 3.36. The van der Waals surface area contributed by atoms with Crippen LogP contribution < -0.4 is 5.32 Å². The summed E-state index contributed by atoms with van der Waals surface area (Å²) in [6.07, 6.45) is 1.58. The van der Waals surface area contributed by atoms with Gasteiger partial charge in [-0.15, -0.1) is 0 Å². The van der Waals surface area contributed by atoms with E-state index in [0.29, 0.717) is 25.1 Å². The third-order valence-corrected chi connectivity index (χ3v) is 4.72. The second kappa shape index (κ2) is 7.51. The van der Waals surface area contributed by atoms with Crippen LogP contribution >= 0.6 is 0 Å². The summed E-state index contributed by atoms with van der Waals surface area (Å²) in [4.78, 5) is 26.2. The smallest absolute Gasteiger partial charge is 0.251 e. The maximum absolute atomic E-state index is 12.5. The minimum atomic E-state index is -0.0652. The van der Waals surface area contributed by atoms with Crippen molar-refractivity contribution >= 4 is 11.8 Å². The van der Waals surface area contributed by atoms with Crippen LogP contribution in [-0.2, 0) is 17.9 Å². The highest BCUT2D eigenvalue weighted by molar-refractivity contribution is 5.95. The van der Waals surface area contributed by atoms with E-state index in [0.717, 1.165) is 35.2 Å². The van der Waals surface area contributed by atoms with Gasteiger partial charge >= 0.3 is 0 Å². The number of benzene rings is 2. The van der Waals surface area contributed by atoms with Gasteiger partial charge in [0.1, 0.15) is 0 Å². The summed E-state index contributed by atoms with van der Waals surface area (Å²) >= 11 is 0. The lowest BCUT2D eigenvalue weighted by Crippen LogP contribution is -2.27. The number of carbonyl (C=O) groups is 2. The molecule has 2 amide bonds. The molecule has 0 bridgehead atoms. The molecule has 25 heavy (non-hydrogen) atoms. The molecule has 130 valence electrons. The number of nitrogens with one attached hydrogen (secondary N) is 1. The van der Waals surface area contributed by atoms with Crippen LogP contribution in [0.25, 0.3) is 0 Å². The molecule has 0 spiro atoms. The Balaban J connectivity index is 1.68. The standard InChI is InChI=1S/C21H24N2O2/c1-15-9-10-19(16(2)12-15)21(25)22-13-17-6-3-4-7-18(17)14-23-11-5-8-20(23)24/h3-4,6-7,9-10,12H,5,8,11,13-14H2,1-2H3,(H,22,25). The fraction of sp³-hybridized carbons (Fsp3) is 0.333. The zero-order valence-electron chi connectivity index (χ0n) is 14.8. The van der Waals surface area contributed by atoms with Gasteiger partial charge in [0.05, 0.1) is 0 Å². The van der Waals surface area contributed by atoms with Gasteiger partial charge in [-0.3, -0.25) is 9.59 Å². The highest BCUT2D eigenvalue weighted by Gasteiger charge is 2.21. The average Bonchev–Trinajstić information content (AvgIpc) is 2.99. The molecule has 0 atom stereocenters. The molecule has 0 unspecified atom stereocenters. The first-order chi connectivity index (χ1) is 12.0. The van der Waals surface area contributed by atoms with E-state index in [9.17, 15) is 9.59 Å². The zero-order chi connectivity index (χ0) is 17.8. The fourth-order valence-electron chi connectivity index (χ4n) is 3.30. The van der Waals surface area contributed by atoms with E-state index in [-0.39, 0.29) is 11.8 Å². The monoisotopic (exact) mass is 336 g/mol. The van der Waals surface area contributed by atoms with Crippen LogP contribution in [0.2, 0.25) is 0 Å². The largest absolute Gasteiger partial charge is 0.348 e. The van der Waals surface area contributed by atoms with E-state index in [1.807, 2.05) is 61.2 Å². The van der Waals surface area contributed by atoms with Gasteiger partial charge in [0.2, 0.25) is 5.91 Å². The lowest BCUT2D eigenvalue weighted by atomic mass is 10.0. The first-order valence-electron chi connectivity index (χ1n) is 8.74. The van der Waals surface area contributed by atoms with Crippen molar-refractivity contribution in [2.24, 2.45) is 0 Å². The molecule has 0 saturated carbocycles. The first-order valence-corrected chi connectivity index (χ1v) is 8.74. The Bertz CT molecular complexity index is 798. The molecule has 1 aliphatic heterocycles. The lowest BCUT2D eigenvalue weighted by molar-refractivity contribution is -0.128. The van der Waals surface area contributed by atoms with Crippen molar-refractivity contribution in [3.63, 3.8) is 0 Å². The molecule has 2 aromatic carbocycles. The van der Waals surface area contributed by atoms with Crippen molar-refractivity contribution in [3.05, 3.63) is 70.3 Å². The Kier molecular flexibility index (Phi) is 5.17. The molecular weight excluding hydrogens is 312 g/mol. The number of hydrogen-bond donors (Lipinski definition) is 1. The molecule has 1 saturated heterocycles. The number of rotatable bonds is 5. The highest BCUT2D eigenvalue weighted by Crippen LogP contribution is 2.17. The molecule has 1 fully saturated rings. The van der Waals surface area contributed by atoms with Gasteiger partial charge < -0.3 is 10.2 Å². The molecule has 4 heteroatoms. The van der Waals surface area contributed by atoms with Crippen LogP contribution in [0.3, 0.4) is 0 Å². The van der Waals surface area contributed by atoms with Gasteiger partial charge in [-0.25, -0.2) is 0 Å². The molecule has 1 N–H and O–H groups in total. The van der Waals surface area contributed by atoms with E-state index in [4.69, 9.17) is 0 Å². The number of carbonyl (C=O) groups excluding carboxylic acids is 2. The summed E-state index contributed by atoms with van der Waals surface area (Å²) in [7, 11) is 0. The number of aryl methyl sites for hydroxylation is 2. The average molecular weight is 336 g/mol. The van der Waals surface area contributed by atoms with Crippen molar-refractivity contribution in [1.29, 1.82) is 0 Å². The Morgan fingerprint density at radius 2 is 1.88 bits per heavy atom. The Labute approximate surface area is 148 Å². The van der Waals surface area contributed by atoms with E-state index in [2.05, 4.69) is 5.32 Å². The number of amides is 2. The summed E-state index contributed by atoms with van der Waals surface area (Å²) in [5.74, 6) is 0.152. The molecule has 1 aliphatic rings. The molecule has 1 heterocycles. The van der Waals surface area contributed by atoms with E-state index >= 15 is 0 Å². The highest BCUT2D eigenvalue weighted by atomic mass is 16.2. The van der Waals surface area contributed by atoms with Gasteiger partial charge in [-0.2, -0.15) is 0 Å². The number of nitrogens with zero attached hydrogens (tertiary/aromatic N) is 1. The summed E-state index contributed by atoms with van der Waals surface area (Å²) in [6, 6.07) is 13.8. The maximum atomic E-state index is 12.5. The van der Waals surface area contributed by atoms with Crippen LogP contribution in [0.15, 0.2) is 42.5 Å². The van der Waals surface area contributed by atoms with E-state index < -0.39 is 0 Å². The van der Waals surface area contributed by atoms with Crippen molar-refractivity contribution in [2.75, 3.05) is 6.54 Å². The zero-order valence-corrected chi connectivity index (χ0v) is 14.8. The predicted molar refractivity (Wildman–Crippen MR) is 98.2 cm³/mol. The number of likely N-dealkylation sites (tertiary alicyclic amines) is 1. The Morgan fingerprint density at radius 3 is 2.56 bits per heavy atom. The summed E-state index contributed by atoms with van der Waals surface area (Å²) < 4.78 is 0. The van der Waals surface area contributed by atoms with Gasteiger partial charge in [-0.05, 0) is 43.0 Å². The quantitative estimate of drug-likeness (QED) is 0.910. The molecule has 0 aliphatic carbocycles. The van der Waals surface area contributed by atoms with Gasteiger partial charge in [0.25, 0.3) is 5.91 Å². The minimum Gasteiger partial charge on any atom is -0.348 e.